The molecule has 1 heterocycles. The summed E-state index contributed by atoms with van der Waals surface area (Å²) in [4.78, 5) is 0. The number of alkyl halides is 3. The van der Waals surface area contributed by atoms with Crippen LogP contribution in [0.5, 0.6) is 5.75 Å². The Kier molecular flexibility index (Phi) is 3.04. The van der Waals surface area contributed by atoms with Crippen LogP contribution in [0.4, 0.5) is 0 Å². The molecule has 1 aromatic rings. The molecule has 2 N–H and O–H groups in total. The minimum atomic E-state index is -1.40. The van der Waals surface area contributed by atoms with Gasteiger partial charge in [-0.05, 0) is 36.2 Å². The van der Waals surface area contributed by atoms with Crippen LogP contribution in [0.1, 0.15) is 17.2 Å². The van der Waals surface area contributed by atoms with Gasteiger partial charge in [0.2, 0.25) is 3.79 Å². The summed E-state index contributed by atoms with van der Waals surface area (Å²) in [5.74, 6) is 0.191. The fourth-order valence-electron chi connectivity index (χ4n) is 1.83. The van der Waals surface area contributed by atoms with E-state index >= 15 is 0 Å². The van der Waals surface area contributed by atoms with Crippen molar-refractivity contribution >= 4 is 34.8 Å². The van der Waals surface area contributed by atoms with Crippen LogP contribution in [-0.2, 0) is 6.42 Å². The standard InChI is InChI=1S/C10H10Cl3NO/c11-10(12,13)9-8-5-7(15)2-1-6(8)3-4-14-9/h1-2,5,9,14-15H,3-4H2. The molecule has 15 heavy (non-hydrogen) atoms. The second-order valence-corrected chi connectivity index (χ2v) is 5.93. The molecular formula is C10H10Cl3NO. The lowest BCUT2D eigenvalue weighted by Crippen LogP contribution is -2.37. The topological polar surface area (TPSA) is 32.3 Å². The Bertz CT molecular complexity index is 375. The quantitative estimate of drug-likeness (QED) is 0.708. The van der Waals surface area contributed by atoms with Crippen LogP contribution in [0.15, 0.2) is 18.2 Å². The van der Waals surface area contributed by atoms with Gasteiger partial charge in [-0.25, -0.2) is 0 Å². The van der Waals surface area contributed by atoms with Crippen LogP contribution in [0, 0.1) is 0 Å². The summed E-state index contributed by atoms with van der Waals surface area (Å²) in [7, 11) is 0. The highest BCUT2D eigenvalue weighted by Gasteiger charge is 2.36. The summed E-state index contributed by atoms with van der Waals surface area (Å²) in [5.41, 5.74) is 1.98. The van der Waals surface area contributed by atoms with E-state index in [0.29, 0.717) is 0 Å². The molecular weight excluding hydrogens is 256 g/mol. The number of fused-ring (bicyclic) bond motifs is 1. The third kappa shape index (κ3) is 2.34. The van der Waals surface area contributed by atoms with Crippen molar-refractivity contribution in [2.45, 2.75) is 16.3 Å². The first kappa shape index (κ1) is 11.3. The van der Waals surface area contributed by atoms with Gasteiger partial charge in [0.15, 0.2) is 0 Å². The van der Waals surface area contributed by atoms with Gasteiger partial charge >= 0.3 is 0 Å². The van der Waals surface area contributed by atoms with Crippen LogP contribution in [-0.4, -0.2) is 15.4 Å². The molecule has 82 valence electrons. The fourth-order valence-corrected chi connectivity index (χ4v) is 2.42. The third-order valence-electron chi connectivity index (χ3n) is 2.51. The van der Waals surface area contributed by atoms with Gasteiger partial charge in [0, 0.05) is 0 Å². The fraction of sp³-hybridized carbons (Fsp3) is 0.400. The first-order chi connectivity index (χ1) is 6.98. The molecule has 0 fully saturated rings. The number of rotatable bonds is 0. The number of nitrogens with one attached hydrogen (secondary N) is 1. The summed E-state index contributed by atoms with van der Waals surface area (Å²) < 4.78 is -1.40. The van der Waals surface area contributed by atoms with Gasteiger partial charge in [-0.15, -0.1) is 0 Å². The molecule has 0 aromatic heterocycles. The Hall–Kier alpha value is -0.150. The Morgan fingerprint density at radius 1 is 1.33 bits per heavy atom. The lowest BCUT2D eigenvalue weighted by atomic mass is 9.95. The van der Waals surface area contributed by atoms with E-state index in [1.165, 1.54) is 0 Å². The number of phenolic OH excluding ortho intramolecular Hbond substituents is 1. The van der Waals surface area contributed by atoms with Gasteiger partial charge in [0.25, 0.3) is 0 Å². The highest BCUT2D eigenvalue weighted by atomic mass is 35.6. The largest absolute Gasteiger partial charge is 0.508 e. The molecule has 0 saturated heterocycles. The highest BCUT2D eigenvalue weighted by Crippen LogP contribution is 2.42. The smallest absolute Gasteiger partial charge is 0.209 e. The van der Waals surface area contributed by atoms with Crippen LogP contribution in [0.25, 0.3) is 0 Å². The Labute approximate surface area is 103 Å². The number of aromatic hydroxyl groups is 1. The molecule has 0 bridgehead atoms. The van der Waals surface area contributed by atoms with Crippen molar-refractivity contribution in [3.05, 3.63) is 29.3 Å². The van der Waals surface area contributed by atoms with E-state index in [-0.39, 0.29) is 11.8 Å². The van der Waals surface area contributed by atoms with Crippen molar-refractivity contribution in [3.63, 3.8) is 0 Å². The van der Waals surface area contributed by atoms with Gasteiger partial charge in [0.05, 0.1) is 6.04 Å². The molecule has 1 aromatic carbocycles. The van der Waals surface area contributed by atoms with Crippen molar-refractivity contribution < 1.29 is 5.11 Å². The first-order valence-electron chi connectivity index (χ1n) is 4.60. The Morgan fingerprint density at radius 2 is 2.07 bits per heavy atom. The van der Waals surface area contributed by atoms with Crippen LogP contribution >= 0.6 is 34.8 Å². The molecule has 0 aliphatic carbocycles. The second kappa shape index (κ2) is 4.02. The summed E-state index contributed by atoms with van der Waals surface area (Å²) in [6.07, 6.45) is 0.882. The van der Waals surface area contributed by atoms with Crippen LogP contribution in [0.2, 0.25) is 0 Å². The zero-order valence-electron chi connectivity index (χ0n) is 7.80. The van der Waals surface area contributed by atoms with E-state index in [4.69, 9.17) is 34.8 Å². The van der Waals surface area contributed by atoms with E-state index in [2.05, 4.69) is 5.32 Å². The molecule has 0 radical (unpaired) electrons. The predicted molar refractivity (Wildman–Crippen MR) is 62.8 cm³/mol. The monoisotopic (exact) mass is 265 g/mol. The van der Waals surface area contributed by atoms with Crippen LogP contribution in [0.3, 0.4) is 0 Å². The van der Waals surface area contributed by atoms with Crippen LogP contribution < -0.4 is 5.32 Å². The van der Waals surface area contributed by atoms with Crippen molar-refractivity contribution in [3.8, 4) is 5.75 Å². The molecule has 2 rings (SSSR count). The average Bonchev–Trinajstić information content (AvgIpc) is 2.15. The highest BCUT2D eigenvalue weighted by molar-refractivity contribution is 6.68. The Morgan fingerprint density at radius 3 is 2.73 bits per heavy atom. The normalized spacial score (nSPS) is 21.1. The van der Waals surface area contributed by atoms with Crippen molar-refractivity contribution in [1.82, 2.24) is 5.32 Å². The molecule has 0 spiro atoms. The lowest BCUT2D eigenvalue weighted by Gasteiger charge is -2.31. The van der Waals surface area contributed by atoms with E-state index in [1.807, 2.05) is 6.07 Å². The number of hydrogen-bond acceptors (Lipinski definition) is 2. The maximum absolute atomic E-state index is 9.41. The summed E-state index contributed by atoms with van der Waals surface area (Å²) in [6.45, 7) is 0.774. The van der Waals surface area contributed by atoms with Gasteiger partial charge in [0.1, 0.15) is 5.75 Å². The van der Waals surface area contributed by atoms with Gasteiger partial charge in [-0.3, -0.25) is 0 Å². The molecule has 1 atom stereocenters. The minimum Gasteiger partial charge on any atom is -0.508 e. The number of phenols is 1. The van der Waals surface area contributed by atoms with Crippen molar-refractivity contribution in [1.29, 1.82) is 0 Å². The van der Waals surface area contributed by atoms with Crippen molar-refractivity contribution in [2.24, 2.45) is 0 Å². The Balaban J connectivity index is 2.45. The third-order valence-corrected chi connectivity index (χ3v) is 3.17. The summed E-state index contributed by atoms with van der Waals surface area (Å²) in [5, 5.41) is 12.6. The number of benzene rings is 1. The molecule has 1 unspecified atom stereocenters. The first-order valence-corrected chi connectivity index (χ1v) is 5.74. The van der Waals surface area contributed by atoms with E-state index in [0.717, 1.165) is 24.1 Å². The zero-order chi connectivity index (χ0) is 11.1. The molecule has 2 nitrogen and oxygen atoms in total. The zero-order valence-corrected chi connectivity index (χ0v) is 10.1. The summed E-state index contributed by atoms with van der Waals surface area (Å²) in [6, 6.07) is 4.81. The van der Waals surface area contributed by atoms with E-state index in [9.17, 15) is 5.11 Å². The lowest BCUT2D eigenvalue weighted by molar-refractivity contribution is 0.465. The molecule has 5 heteroatoms. The van der Waals surface area contributed by atoms with Gasteiger partial charge < -0.3 is 10.4 Å². The maximum atomic E-state index is 9.41. The van der Waals surface area contributed by atoms with E-state index in [1.54, 1.807) is 12.1 Å². The molecule has 1 aliphatic rings. The maximum Gasteiger partial charge on any atom is 0.209 e. The van der Waals surface area contributed by atoms with Gasteiger partial charge in [-0.2, -0.15) is 0 Å². The average molecular weight is 267 g/mol. The van der Waals surface area contributed by atoms with E-state index < -0.39 is 3.79 Å². The predicted octanol–water partition coefficient (Wildman–Crippen LogP) is 2.95. The number of halogens is 3. The molecule has 0 saturated carbocycles. The van der Waals surface area contributed by atoms with Crippen molar-refractivity contribution in [2.75, 3.05) is 6.54 Å². The summed E-state index contributed by atoms with van der Waals surface area (Å²) >= 11 is 17.6. The van der Waals surface area contributed by atoms with Gasteiger partial charge in [-0.1, -0.05) is 40.9 Å². The SMILES string of the molecule is Oc1ccc2c(c1)C(C(Cl)(Cl)Cl)NCC2. The molecule has 1 aliphatic heterocycles. The number of hydrogen-bond donors (Lipinski definition) is 2. The molecule has 0 amide bonds. The second-order valence-electron chi connectivity index (χ2n) is 3.56. The minimum absolute atomic E-state index is 0.191.